The van der Waals surface area contributed by atoms with Crippen molar-refractivity contribution in [2.24, 2.45) is 5.92 Å². The molecular formula is C16H23NO4. The van der Waals surface area contributed by atoms with Crippen LogP contribution in [0.3, 0.4) is 0 Å². The first-order valence-corrected chi connectivity index (χ1v) is 7.16. The van der Waals surface area contributed by atoms with Gasteiger partial charge >= 0.3 is 5.97 Å². The molecule has 1 rings (SSSR count). The van der Waals surface area contributed by atoms with Crippen LogP contribution in [0.1, 0.15) is 49.0 Å². The third-order valence-electron chi connectivity index (χ3n) is 3.46. The molecule has 0 radical (unpaired) electrons. The summed E-state index contributed by atoms with van der Waals surface area (Å²) in [4.78, 5) is 23.1. The summed E-state index contributed by atoms with van der Waals surface area (Å²) in [6.45, 7) is 4.42. The van der Waals surface area contributed by atoms with Crippen LogP contribution in [-0.2, 0) is 16.1 Å². The molecular weight excluding hydrogens is 270 g/mol. The van der Waals surface area contributed by atoms with Crippen molar-refractivity contribution < 1.29 is 19.4 Å². The van der Waals surface area contributed by atoms with Crippen LogP contribution in [0.5, 0.6) is 0 Å². The Balaban J connectivity index is 2.86. The molecule has 0 aliphatic carbocycles. The molecule has 0 saturated heterocycles. The number of carbonyl (C=O) groups excluding carboxylic acids is 1. The van der Waals surface area contributed by atoms with Gasteiger partial charge in [0.25, 0.3) is 0 Å². The van der Waals surface area contributed by atoms with Crippen LogP contribution in [0, 0.1) is 5.92 Å². The highest BCUT2D eigenvalue weighted by Crippen LogP contribution is 2.18. The molecule has 1 aromatic rings. The zero-order valence-electron chi connectivity index (χ0n) is 12.8. The van der Waals surface area contributed by atoms with E-state index in [-0.39, 0.29) is 11.5 Å². The van der Waals surface area contributed by atoms with Crippen molar-refractivity contribution in [3.8, 4) is 0 Å². The average molecular weight is 293 g/mol. The second-order valence-electron chi connectivity index (χ2n) is 5.09. The fourth-order valence-electron chi connectivity index (χ4n) is 2.19. The summed E-state index contributed by atoms with van der Waals surface area (Å²) in [5.41, 5.74) is 1.36. The minimum absolute atomic E-state index is 0.0883. The van der Waals surface area contributed by atoms with Crippen LogP contribution in [0.25, 0.3) is 0 Å². The minimum atomic E-state index is -1.02. The van der Waals surface area contributed by atoms with E-state index in [9.17, 15) is 9.59 Å². The van der Waals surface area contributed by atoms with Crippen molar-refractivity contribution in [3.63, 3.8) is 0 Å². The fourth-order valence-corrected chi connectivity index (χ4v) is 2.19. The summed E-state index contributed by atoms with van der Waals surface area (Å²) in [6.07, 6.45) is 2.35. The van der Waals surface area contributed by atoms with Gasteiger partial charge in [-0.2, -0.15) is 0 Å². The number of hydrogen-bond donors (Lipinski definition) is 2. The van der Waals surface area contributed by atoms with E-state index in [0.717, 1.165) is 18.4 Å². The van der Waals surface area contributed by atoms with Gasteiger partial charge in [-0.25, -0.2) is 4.79 Å². The molecule has 5 heteroatoms. The van der Waals surface area contributed by atoms with Crippen LogP contribution >= 0.6 is 0 Å². The Morgan fingerprint density at radius 2 is 1.90 bits per heavy atom. The van der Waals surface area contributed by atoms with E-state index in [1.54, 1.807) is 19.2 Å². The Kier molecular flexibility index (Phi) is 6.88. The molecule has 0 aliphatic rings. The monoisotopic (exact) mass is 293 g/mol. The Hall–Kier alpha value is -1.88. The number of rotatable bonds is 8. The fraction of sp³-hybridized carbons (Fsp3) is 0.500. The molecule has 0 aliphatic heterocycles. The van der Waals surface area contributed by atoms with Crippen LogP contribution in [0.4, 0.5) is 5.69 Å². The van der Waals surface area contributed by atoms with E-state index < -0.39 is 5.97 Å². The molecule has 116 valence electrons. The van der Waals surface area contributed by atoms with Crippen LogP contribution in [-0.4, -0.2) is 24.1 Å². The Bertz CT molecular complexity index is 495. The molecule has 21 heavy (non-hydrogen) atoms. The number of anilines is 1. The highest BCUT2D eigenvalue weighted by molar-refractivity contribution is 5.94. The second-order valence-corrected chi connectivity index (χ2v) is 5.09. The number of nitrogens with one attached hydrogen (secondary N) is 1. The lowest BCUT2D eigenvalue weighted by Crippen LogP contribution is -2.16. The Labute approximate surface area is 125 Å². The number of hydrogen-bond acceptors (Lipinski definition) is 3. The molecule has 1 aromatic carbocycles. The molecule has 0 fully saturated rings. The zero-order chi connectivity index (χ0) is 15.8. The second kappa shape index (κ2) is 8.42. The third kappa shape index (κ3) is 5.55. The number of carbonyl (C=O) groups is 2. The van der Waals surface area contributed by atoms with E-state index in [2.05, 4.69) is 19.2 Å². The first-order chi connectivity index (χ1) is 9.99. The normalized spacial score (nSPS) is 10.7. The smallest absolute Gasteiger partial charge is 0.335 e. The highest BCUT2D eigenvalue weighted by Gasteiger charge is 2.12. The van der Waals surface area contributed by atoms with Crippen molar-refractivity contribution in [2.45, 2.75) is 39.7 Å². The first kappa shape index (κ1) is 17.2. The van der Waals surface area contributed by atoms with Crippen molar-refractivity contribution >= 4 is 17.6 Å². The molecule has 2 N–H and O–H groups in total. The maximum absolute atomic E-state index is 12.0. The van der Waals surface area contributed by atoms with Gasteiger partial charge in [-0.05, 0) is 29.7 Å². The van der Waals surface area contributed by atoms with Crippen molar-refractivity contribution in [1.82, 2.24) is 0 Å². The molecule has 5 nitrogen and oxygen atoms in total. The summed E-state index contributed by atoms with van der Waals surface area (Å²) in [6, 6.07) is 4.75. The third-order valence-corrected chi connectivity index (χ3v) is 3.46. The molecule has 0 heterocycles. The summed E-state index contributed by atoms with van der Waals surface area (Å²) in [5.74, 6) is -0.760. The van der Waals surface area contributed by atoms with E-state index >= 15 is 0 Å². The topological polar surface area (TPSA) is 75.6 Å². The molecule has 0 aromatic heterocycles. The van der Waals surface area contributed by atoms with Crippen LogP contribution in [0.2, 0.25) is 0 Å². The van der Waals surface area contributed by atoms with E-state index in [1.807, 2.05) is 0 Å². The van der Waals surface area contributed by atoms with Gasteiger partial charge in [-0.1, -0.05) is 26.7 Å². The van der Waals surface area contributed by atoms with Crippen LogP contribution in [0.15, 0.2) is 18.2 Å². The van der Waals surface area contributed by atoms with Crippen molar-refractivity contribution in [1.29, 1.82) is 0 Å². The quantitative estimate of drug-likeness (QED) is 0.771. The summed E-state index contributed by atoms with van der Waals surface area (Å²) in [7, 11) is 1.54. The number of benzene rings is 1. The molecule has 0 bridgehead atoms. The summed E-state index contributed by atoms with van der Waals surface area (Å²) >= 11 is 0. The van der Waals surface area contributed by atoms with Crippen LogP contribution < -0.4 is 5.32 Å². The van der Waals surface area contributed by atoms with Crippen molar-refractivity contribution in [2.75, 3.05) is 12.4 Å². The number of ether oxygens (including phenoxy) is 1. The van der Waals surface area contributed by atoms with E-state index in [4.69, 9.17) is 9.84 Å². The standard InChI is InChI=1S/C16H23NO4/c1-4-11(5-2)8-15(18)17-14-7-12(10-21-3)6-13(9-14)16(19)20/h6-7,9,11H,4-5,8,10H2,1-3H3,(H,17,18)(H,19,20). The van der Waals surface area contributed by atoms with Gasteiger partial charge in [0.05, 0.1) is 12.2 Å². The average Bonchev–Trinajstić information content (AvgIpc) is 2.44. The highest BCUT2D eigenvalue weighted by atomic mass is 16.5. The largest absolute Gasteiger partial charge is 0.478 e. The number of aromatic carboxylic acids is 1. The van der Waals surface area contributed by atoms with Gasteiger partial charge < -0.3 is 15.2 Å². The predicted molar refractivity (Wildman–Crippen MR) is 81.4 cm³/mol. The van der Waals surface area contributed by atoms with Crippen molar-refractivity contribution in [3.05, 3.63) is 29.3 Å². The first-order valence-electron chi connectivity index (χ1n) is 7.16. The van der Waals surface area contributed by atoms with Gasteiger partial charge in [0, 0.05) is 19.2 Å². The Morgan fingerprint density at radius 3 is 2.43 bits per heavy atom. The SMILES string of the molecule is CCC(CC)CC(=O)Nc1cc(COC)cc(C(=O)O)c1. The van der Waals surface area contributed by atoms with Gasteiger partial charge in [0.15, 0.2) is 0 Å². The van der Waals surface area contributed by atoms with E-state index in [1.165, 1.54) is 6.07 Å². The number of methoxy groups -OCH3 is 1. The molecule has 1 amide bonds. The van der Waals surface area contributed by atoms with E-state index in [0.29, 0.717) is 24.6 Å². The molecule has 0 saturated carbocycles. The maximum Gasteiger partial charge on any atom is 0.335 e. The zero-order valence-corrected chi connectivity index (χ0v) is 12.8. The van der Waals surface area contributed by atoms with Gasteiger partial charge in [0.2, 0.25) is 5.91 Å². The predicted octanol–water partition coefficient (Wildman–Crippen LogP) is 3.30. The maximum atomic E-state index is 12.0. The lowest BCUT2D eigenvalue weighted by Gasteiger charge is -2.13. The lowest BCUT2D eigenvalue weighted by atomic mass is 9.99. The Morgan fingerprint density at radius 1 is 1.24 bits per heavy atom. The van der Waals surface area contributed by atoms with Gasteiger partial charge in [-0.3, -0.25) is 4.79 Å². The molecule has 0 spiro atoms. The molecule has 0 atom stereocenters. The summed E-state index contributed by atoms with van der Waals surface area (Å²) < 4.78 is 5.02. The van der Waals surface area contributed by atoms with Gasteiger partial charge in [-0.15, -0.1) is 0 Å². The number of carboxylic acids is 1. The molecule has 0 unspecified atom stereocenters. The number of amides is 1. The lowest BCUT2D eigenvalue weighted by molar-refractivity contribution is -0.117. The number of carboxylic acid groups (broad SMARTS) is 1. The van der Waals surface area contributed by atoms with Gasteiger partial charge in [0.1, 0.15) is 0 Å². The minimum Gasteiger partial charge on any atom is -0.478 e. The summed E-state index contributed by atoms with van der Waals surface area (Å²) in [5, 5.41) is 11.9.